The monoisotopic (exact) mass is 140 g/mol. The SMILES string of the molecule is C#CC(CCCCC)OC. The van der Waals surface area contributed by atoms with Crippen LogP contribution in [-0.4, -0.2) is 13.2 Å². The maximum Gasteiger partial charge on any atom is 0.117 e. The smallest absolute Gasteiger partial charge is 0.117 e. The predicted molar refractivity (Wildman–Crippen MR) is 43.8 cm³/mol. The molecule has 0 heterocycles. The zero-order valence-electron chi connectivity index (χ0n) is 6.89. The largest absolute Gasteiger partial charge is 0.369 e. The van der Waals surface area contributed by atoms with E-state index in [2.05, 4.69) is 12.8 Å². The van der Waals surface area contributed by atoms with Gasteiger partial charge in [-0.3, -0.25) is 0 Å². The Morgan fingerprint density at radius 3 is 2.60 bits per heavy atom. The topological polar surface area (TPSA) is 9.23 Å². The van der Waals surface area contributed by atoms with Gasteiger partial charge in [-0.25, -0.2) is 0 Å². The molecular formula is C9H16O. The molecule has 0 saturated carbocycles. The molecule has 0 fully saturated rings. The van der Waals surface area contributed by atoms with Gasteiger partial charge in [0.15, 0.2) is 0 Å². The Hall–Kier alpha value is -0.480. The van der Waals surface area contributed by atoms with Crippen LogP contribution in [0.2, 0.25) is 0 Å². The van der Waals surface area contributed by atoms with Crippen LogP contribution < -0.4 is 0 Å². The molecule has 0 aliphatic rings. The van der Waals surface area contributed by atoms with Crippen LogP contribution in [0.25, 0.3) is 0 Å². The summed E-state index contributed by atoms with van der Waals surface area (Å²) in [5, 5.41) is 0. The van der Waals surface area contributed by atoms with Gasteiger partial charge in [0.25, 0.3) is 0 Å². The van der Waals surface area contributed by atoms with E-state index in [1.165, 1.54) is 19.3 Å². The average Bonchev–Trinajstić information content (AvgIpc) is 1.99. The Morgan fingerprint density at radius 2 is 2.20 bits per heavy atom. The third-order valence-electron chi connectivity index (χ3n) is 1.54. The van der Waals surface area contributed by atoms with Gasteiger partial charge in [-0.1, -0.05) is 25.7 Å². The first-order valence-electron chi connectivity index (χ1n) is 3.84. The third kappa shape index (κ3) is 4.40. The lowest BCUT2D eigenvalue weighted by molar-refractivity contribution is 0.138. The van der Waals surface area contributed by atoms with Crippen molar-refractivity contribution >= 4 is 0 Å². The molecule has 0 aliphatic heterocycles. The number of rotatable bonds is 5. The molecule has 0 aromatic carbocycles. The lowest BCUT2D eigenvalue weighted by Crippen LogP contribution is -2.06. The fourth-order valence-corrected chi connectivity index (χ4v) is 0.849. The zero-order chi connectivity index (χ0) is 7.82. The quantitative estimate of drug-likeness (QED) is 0.420. The summed E-state index contributed by atoms with van der Waals surface area (Å²) in [7, 11) is 1.66. The number of ether oxygens (including phenoxy) is 1. The normalized spacial score (nSPS) is 12.5. The maximum atomic E-state index is 5.19. The molecule has 58 valence electrons. The predicted octanol–water partition coefficient (Wildman–Crippen LogP) is 2.21. The minimum Gasteiger partial charge on any atom is -0.369 e. The summed E-state index contributed by atoms with van der Waals surface area (Å²) in [6.45, 7) is 2.18. The summed E-state index contributed by atoms with van der Waals surface area (Å²) < 4.78 is 5.01. The Kier molecular flexibility index (Phi) is 6.32. The molecule has 0 spiro atoms. The minimum absolute atomic E-state index is 0.0338. The first kappa shape index (κ1) is 9.52. The number of methoxy groups -OCH3 is 1. The van der Waals surface area contributed by atoms with Crippen molar-refractivity contribution in [3.8, 4) is 12.3 Å². The van der Waals surface area contributed by atoms with Crippen LogP contribution in [0.15, 0.2) is 0 Å². The van der Waals surface area contributed by atoms with E-state index in [4.69, 9.17) is 11.2 Å². The highest BCUT2D eigenvalue weighted by atomic mass is 16.5. The van der Waals surface area contributed by atoms with Gasteiger partial charge in [-0.15, -0.1) is 6.42 Å². The molecule has 0 aromatic rings. The van der Waals surface area contributed by atoms with Crippen molar-refractivity contribution in [1.29, 1.82) is 0 Å². The zero-order valence-corrected chi connectivity index (χ0v) is 6.89. The Balaban J connectivity index is 3.20. The van der Waals surface area contributed by atoms with Crippen LogP contribution in [0.1, 0.15) is 32.6 Å². The maximum absolute atomic E-state index is 5.19. The van der Waals surface area contributed by atoms with Crippen molar-refractivity contribution in [3.05, 3.63) is 0 Å². The molecule has 1 atom stereocenters. The van der Waals surface area contributed by atoms with Gasteiger partial charge >= 0.3 is 0 Å². The van der Waals surface area contributed by atoms with Gasteiger partial charge in [-0.05, 0) is 12.8 Å². The summed E-state index contributed by atoms with van der Waals surface area (Å²) in [6, 6.07) is 0. The standard InChI is InChI=1S/C9H16O/c1-4-6-7-8-9(5-2)10-3/h2,9H,4,6-8H2,1,3H3. The fourth-order valence-electron chi connectivity index (χ4n) is 0.849. The Labute approximate surface area is 63.8 Å². The van der Waals surface area contributed by atoms with E-state index in [0.29, 0.717) is 0 Å². The van der Waals surface area contributed by atoms with E-state index in [1.54, 1.807) is 7.11 Å². The first-order valence-corrected chi connectivity index (χ1v) is 3.84. The first-order chi connectivity index (χ1) is 4.85. The number of hydrogen-bond donors (Lipinski definition) is 0. The summed E-state index contributed by atoms with van der Waals surface area (Å²) in [6.07, 6.45) is 9.89. The van der Waals surface area contributed by atoms with Crippen molar-refractivity contribution in [2.45, 2.75) is 38.7 Å². The number of unbranched alkanes of at least 4 members (excludes halogenated alkanes) is 2. The Morgan fingerprint density at radius 1 is 1.50 bits per heavy atom. The van der Waals surface area contributed by atoms with Gasteiger partial charge in [0, 0.05) is 7.11 Å². The van der Waals surface area contributed by atoms with Gasteiger partial charge in [-0.2, -0.15) is 0 Å². The fraction of sp³-hybridized carbons (Fsp3) is 0.778. The van der Waals surface area contributed by atoms with Crippen LogP contribution in [0, 0.1) is 12.3 Å². The molecule has 0 N–H and O–H groups in total. The molecule has 0 amide bonds. The van der Waals surface area contributed by atoms with Crippen LogP contribution in [0.4, 0.5) is 0 Å². The van der Waals surface area contributed by atoms with Crippen molar-refractivity contribution in [3.63, 3.8) is 0 Å². The molecule has 1 nitrogen and oxygen atoms in total. The van der Waals surface area contributed by atoms with Gasteiger partial charge < -0.3 is 4.74 Å². The number of hydrogen-bond acceptors (Lipinski definition) is 1. The summed E-state index contributed by atoms with van der Waals surface area (Å²) in [4.78, 5) is 0. The minimum atomic E-state index is 0.0338. The summed E-state index contributed by atoms with van der Waals surface area (Å²) in [5.74, 6) is 2.59. The average molecular weight is 140 g/mol. The second-order valence-electron chi connectivity index (χ2n) is 2.39. The second-order valence-corrected chi connectivity index (χ2v) is 2.39. The van der Waals surface area contributed by atoms with Crippen LogP contribution in [0.3, 0.4) is 0 Å². The molecule has 0 bridgehead atoms. The highest BCUT2D eigenvalue weighted by Gasteiger charge is 1.99. The van der Waals surface area contributed by atoms with Gasteiger partial charge in [0.1, 0.15) is 6.10 Å². The van der Waals surface area contributed by atoms with Crippen molar-refractivity contribution in [2.75, 3.05) is 7.11 Å². The molecule has 0 aromatic heterocycles. The third-order valence-corrected chi connectivity index (χ3v) is 1.54. The van der Waals surface area contributed by atoms with E-state index in [1.807, 2.05) is 0 Å². The molecule has 1 unspecified atom stereocenters. The van der Waals surface area contributed by atoms with Crippen LogP contribution in [0.5, 0.6) is 0 Å². The molecular weight excluding hydrogens is 124 g/mol. The van der Waals surface area contributed by atoms with E-state index in [9.17, 15) is 0 Å². The molecule has 0 saturated heterocycles. The Bertz CT molecular complexity index is 102. The van der Waals surface area contributed by atoms with Gasteiger partial charge in [0.2, 0.25) is 0 Å². The molecule has 1 heteroatoms. The number of terminal acetylenes is 1. The lowest BCUT2D eigenvalue weighted by Gasteiger charge is -2.06. The summed E-state index contributed by atoms with van der Waals surface area (Å²) in [5.41, 5.74) is 0. The van der Waals surface area contributed by atoms with Crippen LogP contribution in [-0.2, 0) is 4.74 Å². The van der Waals surface area contributed by atoms with Crippen molar-refractivity contribution < 1.29 is 4.74 Å². The highest BCUT2D eigenvalue weighted by molar-refractivity contribution is 4.93. The van der Waals surface area contributed by atoms with Crippen molar-refractivity contribution in [2.24, 2.45) is 0 Å². The molecule has 0 radical (unpaired) electrons. The van der Waals surface area contributed by atoms with E-state index in [-0.39, 0.29) is 6.10 Å². The van der Waals surface area contributed by atoms with E-state index >= 15 is 0 Å². The summed E-state index contributed by atoms with van der Waals surface area (Å²) >= 11 is 0. The van der Waals surface area contributed by atoms with Crippen molar-refractivity contribution in [1.82, 2.24) is 0 Å². The van der Waals surface area contributed by atoms with E-state index < -0.39 is 0 Å². The molecule has 0 aliphatic carbocycles. The van der Waals surface area contributed by atoms with Gasteiger partial charge in [0.05, 0.1) is 0 Å². The highest BCUT2D eigenvalue weighted by Crippen LogP contribution is 2.04. The second kappa shape index (κ2) is 6.64. The molecule has 0 rings (SSSR count). The van der Waals surface area contributed by atoms with Crippen LogP contribution >= 0.6 is 0 Å². The van der Waals surface area contributed by atoms with E-state index in [0.717, 1.165) is 6.42 Å². The lowest BCUT2D eigenvalue weighted by atomic mass is 10.1. The molecule has 10 heavy (non-hydrogen) atoms.